The molecule has 106 valence electrons. The fourth-order valence-corrected chi connectivity index (χ4v) is 2.69. The maximum Gasteiger partial charge on any atom is 0.0648 e. The number of hydrogen-bond donors (Lipinski definition) is 1. The van der Waals surface area contributed by atoms with Gasteiger partial charge in [0, 0.05) is 11.0 Å². The molecule has 0 aliphatic rings. The summed E-state index contributed by atoms with van der Waals surface area (Å²) in [4.78, 5) is 0. The molecule has 2 rings (SSSR count). The molecule has 0 radical (unpaired) electrons. The number of rotatable bonds is 3. The molecule has 1 N–H and O–H groups in total. The van der Waals surface area contributed by atoms with Gasteiger partial charge in [-0.1, -0.05) is 72.6 Å². The Hall–Kier alpha value is -0.990. The van der Waals surface area contributed by atoms with Crippen molar-refractivity contribution in [2.24, 2.45) is 0 Å². The maximum absolute atomic E-state index is 6.19. The second-order valence-corrected chi connectivity index (χ2v) is 7.25. The minimum Gasteiger partial charge on any atom is -0.380 e. The second kappa shape index (κ2) is 6.19. The average molecular weight is 353 g/mol. The van der Waals surface area contributed by atoms with Gasteiger partial charge in [0.15, 0.2) is 0 Å². The van der Waals surface area contributed by atoms with Crippen LogP contribution in [0.2, 0.25) is 5.02 Å². The van der Waals surface area contributed by atoms with Crippen LogP contribution in [-0.2, 0) is 12.0 Å². The minimum absolute atomic E-state index is 0.195. The normalized spacial score (nSPS) is 11.4. The van der Waals surface area contributed by atoms with Gasteiger partial charge in [0.25, 0.3) is 0 Å². The highest BCUT2D eigenvalue weighted by Gasteiger charge is 2.12. The van der Waals surface area contributed by atoms with Crippen molar-refractivity contribution >= 4 is 33.2 Å². The van der Waals surface area contributed by atoms with Crippen LogP contribution in [0.5, 0.6) is 0 Å². The van der Waals surface area contributed by atoms with Crippen LogP contribution in [0, 0.1) is 0 Å². The molecule has 20 heavy (non-hydrogen) atoms. The van der Waals surface area contributed by atoms with E-state index in [0.717, 1.165) is 21.7 Å². The van der Waals surface area contributed by atoms with E-state index in [1.807, 2.05) is 18.2 Å². The summed E-state index contributed by atoms with van der Waals surface area (Å²) in [5.74, 6) is 0. The van der Waals surface area contributed by atoms with Gasteiger partial charge in [-0.15, -0.1) is 0 Å². The molecule has 0 aromatic heterocycles. The minimum atomic E-state index is 0.195. The van der Waals surface area contributed by atoms with Gasteiger partial charge in [-0.05, 0) is 34.7 Å². The van der Waals surface area contributed by atoms with E-state index < -0.39 is 0 Å². The standard InChI is InChI=1S/C17H19BrClN/c1-17(2,3)13-6-4-12(5-7-13)11-20-16-9-8-14(18)10-15(16)19/h4-10,20H,11H2,1-3H3. The van der Waals surface area contributed by atoms with Crippen molar-refractivity contribution in [1.29, 1.82) is 0 Å². The summed E-state index contributed by atoms with van der Waals surface area (Å²) >= 11 is 9.59. The Labute approximate surface area is 134 Å². The van der Waals surface area contributed by atoms with E-state index in [-0.39, 0.29) is 5.41 Å². The average Bonchev–Trinajstić information content (AvgIpc) is 2.37. The summed E-state index contributed by atoms with van der Waals surface area (Å²) < 4.78 is 0.989. The van der Waals surface area contributed by atoms with Crippen LogP contribution in [-0.4, -0.2) is 0 Å². The Balaban J connectivity index is 2.04. The lowest BCUT2D eigenvalue weighted by Crippen LogP contribution is -2.11. The molecular weight excluding hydrogens is 334 g/mol. The molecule has 0 amide bonds. The highest BCUT2D eigenvalue weighted by molar-refractivity contribution is 9.10. The molecule has 0 saturated heterocycles. The quantitative estimate of drug-likeness (QED) is 0.713. The van der Waals surface area contributed by atoms with E-state index in [4.69, 9.17) is 11.6 Å². The predicted molar refractivity (Wildman–Crippen MR) is 91.6 cm³/mol. The van der Waals surface area contributed by atoms with Crippen molar-refractivity contribution in [3.05, 3.63) is 63.1 Å². The molecule has 0 bridgehead atoms. The lowest BCUT2D eigenvalue weighted by atomic mass is 9.87. The number of halogens is 2. The van der Waals surface area contributed by atoms with E-state index in [0.29, 0.717) is 0 Å². The number of anilines is 1. The van der Waals surface area contributed by atoms with Crippen molar-refractivity contribution in [2.75, 3.05) is 5.32 Å². The Morgan fingerprint density at radius 1 is 1.05 bits per heavy atom. The lowest BCUT2D eigenvalue weighted by Gasteiger charge is -2.19. The molecule has 2 aromatic carbocycles. The Bertz CT molecular complexity index is 585. The smallest absolute Gasteiger partial charge is 0.0648 e. The van der Waals surface area contributed by atoms with Gasteiger partial charge in [-0.3, -0.25) is 0 Å². The van der Waals surface area contributed by atoms with Crippen LogP contribution in [0.15, 0.2) is 46.9 Å². The van der Waals surface area contributed by atoms with Crippen LogP contribution in [0.25, 0.3) is 0 Å². The Kier molecular flexibility index (Phi) is 4.77. The molecule has 0 saturated carbocycles. The molecule has 0 unspecified atom stereocenters. The summed E-state index contributed by atoms with van der Waals surface area (Å²) in [7, 11) is 0. The third-order valence-corrected chi connectivity index (χ3v) is 4.04. The van der Waals surface area contributed by atoms with Gasteiger partial charge in [0.2, 0.25) is 0 Å². The molecule has 0 aliphatic carbocycles. The summed E-state index contributed by atoms with van der Waals surface area (Å²) in [5, 5.41) is 4.09. The van der Waals surface area contributed by atoms with E-state index in [1.54, 1.807) is 0 Å². The van der Waals surface area contributed by atoms with E-state index in [1.165, 1.54) is 11.1 Å². The van der Waals surface area contributed by atoms with Crippen LogP contribution in [0.1, 0.15) is 31.9 Å². The topological polar surface area (TPSA) is 12.0 Å². The first-order valence-corrected chi connectivity index (χ1v) is 7.82. The summed E-state index contributed by atoms with van der Waals surface area (Å²) in [5.41, 5.74) is 3.75. The van der Waals surface area contributed by atoms with E-state index >= 15 is 0 Å². The number of hydrogen-bond acceptors (Lipinski definition) is 1. The third kappa shape index (κ3) is 4.00. The van der Waals surface area contributed by atoms with Crippen LogP contribution >= 0.6 is 27.5 Å². The lowest BCUT2D eigenvalue weighted by molar-refractivity contribution is 0.590. The van der Waals surface area contributed by atoms with Gasteiger partial charge in [0.05, 0.1) is 10.7 Å². The van der Waals surface area contributed by atoms with Crippen molar-refractivity contribution in [3.8, 4) is 0 Å². The van der Waals surface area contributed by atoms with Crippen molar-refractivity contribution in [2.45, 2.75) is 32.7 Å². The summed E-state index contributed by atoms with van der Waals surface area (Å²) in [6, 6.07) is 14.6. The summed E-state index contributed by atoms with van der Waals surface area (Å²) in [6.45, 7) is 7.44. The predicted octanol–water partition coefficient (Wildman–Crippen LogP) is 6.01. The van der Waals surface area contributed by atoms with Gasteiger partial charge in [-0.25, -0.2) is 0 Å². The second-order valence-electron chi connectivity index (χ2n) is 5.92. The monoisotopic (exact) mass is 351 g/mol. The van der Waals surface area contributed by atoms with Crippen molar-refractivity contribution in [1.82, 2.24) is 0 Å². The highest BCUT2D eigenvalue weighted by atomic mass is 79.9. The first-order chi connectivity index (χ1) is 9.36. The number of nitrogens with one attached hydrogen (secondary N) is 1. The molecule has 0 fully saturated rings. The summed E-state index contributed by atoms with van der Waals surface area (Å²) in [6.07, 6.45) is 0. The molecule has 0 heterocycles. The van der Waals surface area contributed by atoms with Crippen LogP contribution < -0.4 is 5.32 Å². The van der Waals surface area contributed by atoms with Crippen molar-refractivity contribution < 1.29 is 0 Å². The fraction of sp³-hybridized carbons (Fsp3) is 0.294. The zero-order valence-electron chi connectivity index (χ0n) is 12.0. The van der Waals surface area contributed by atoms with Crippen molar-refractivity contribution in [3.63, 3.8) is 0 Å². The molecule has 0 atom stereocenters. The van der Waals surface area contributed by atoms with Crippen LogP contribution in [0.4, 0.5) is 5.69 Å². The third-order valence-electron chi connectivity index (χ3n) is 3.23. The first-order valence-electron chi connectivity index (χ1n) is 6.64. The van der Waals surface area contributed by atoms with Crippen LogP contribution in [0.3, 0.4) is 0 Å². The molecule has 0 spiro atoms. The molecule has 3 heteroatoms. The number of benzene rings is 2. The van der Waals surface area contributed by atoms with Gasteiger partial charge in [0.1, 0.15) is 0 Å². The highest BCUT2D eigenvalue weighted by Crippen LogP contribution is 2.26. The maximum atomic E-state index is 6.19. The molecular formula is C17H19BrClN. The SMILES string of the molecule is CC(C)(C)c1ccc(CNc2ccc(Br)cc2Cl)cc1. The largest absolute Gasteiger partial charge is 0.380 e. The van der Waals surface area contributed by atoms with Gasteiger partial charge in [-0.2, -0.15) is 0 Å². The zero-order chi connectivity index (χ0) is 14.8. The molecule has 1 nitrogen and oxygen atoms in total. The Morgan fingerprint density at radius 2 is 1.70 bits per heavy atom. The zero-order valence-corrected chi connectivity index (χ0v) is 14.3. The van der Waals surface area contributed by atoms with Gasteiger partial charge < -0.3 is 5.32 Å². The molecule has 2 aromatic rings. The Morgan fingerprint density at radius 3 is 2.25 bits per heavy atom. The van der Waals surface area contributed by atoms with Gasteiger partial charge >= 0.3 is 0 Å². The van der Waals surface area contributed by atoms with E-state index in [2.05, 4.69) is 66.3 Å². The molecule has 0 aliphatic heterocycles. The first kappa shape index (κ1) is 15.4. The fourth-order valence-electron chi connectivity index (χ4n) is 1.95. The van der Waals surface area contributed by atoms with E-state index in [9.17, 15) is 0 Å².